The lowest BCUT2D eigenvalue weighted by molar-refractivity contribution is 0.00343. The van der Waals surface area contributed by atoms with Gasteiger partial charge in [-0.1, -0.05) is 15.9 Å². The van der Waals surface area contributed by atoms with Crippen LogP contribution in [0.5, 0.6) is 5.75 Å². The first-order valence-electron chi connectivity index (χ1n) is 9.99. The second kappa shape index (κ2) is 8.81. The Morgan fingerprint density at radius 3 is 2.62 bits per heavy atom. The van der Waals surface area contributed by atoms with E-state index in [9.17, 15) is 13.2 Å². The number of halogens is 1. The van der Waals surface area contributed by atoms with Crippen molar-refractivity contribution in [3.05, 3.63) is 22.7 Å². The Bertz CT molecular complexity index is 849. The fourth-order valence-electron chi connectivity index (χ4n) is 3.22. The Labute approximate surface area is 181 Å². The van der Waals surface area contributed by atoms with E-state index in [1.54, 1.807) is 23.1 Å². The van der Waals surface area contributed by atoms with Gasteiger partial charge in [-0.25, -0.2) is 17.9 Å². The average Bonchev–Trinajstić information content (AvgIpc) is 3.42. The van der Waals surface area contributed by atoms with E-state index in [4.69, 9.17) is 9.47 Å². The van der Waals surface area contributed by atoms with Gasteiger partial charge in [-0.05, 0) is 71.1 Å². The molecule has 1 aromatic rings. The predicted octanol–water partition coefficient (Wildman–Crippen LogP) is 4.06. The first-order valence-corrected chi connectivity index (χ1v) is 12.3. The number of rotatable bonds is 6. The smallest absolute Gasteiger partial charge is 0.410 e. The largest absolute Gasteiger partial charge is 0.490 e. The number of nitrogens with zero attached hydrogens (tertiary/aromatic N) is 1. The number of nitrogens with one attached hydrogen (secondary N) is 1. The number of ether oxygens (including phenoxy) is 2. The molecule has 1 saturated carbocycles. The molecule has 162 valence electrons. The Balaban J connectivity index is 1.73. The molecule has 1 atom stereocenters. The van der Waals surface area contributed by atoms with Crippen molar-refractivity contribution in [1.29, 1.82) is 0 Å². The number of benzene rings is 1. The molecule has 1 heterocycles. The third-order valence-corrected chi connectivity index (χ3v) is 6.82. The predicted molar refractivity (Wildman–Crippen MR) is 114 cm³/mol. The molecule has 2 fully saturated rings. The summed E-state index contributed by atoms with van der Waals surface area (Å²) >= 11 is 3.34. The lowest BCUT2D eigenvalue weighted by Crippen LogP contribution is -2.48. The van der Waals surface area contributed by atoms with Gasteiger partial charge in [-0.2, -0.15) is 0 Å². The standard InChI is InChI=1S/C20H29BrN2O5S/c1-20(2,3)28-19(24)23-11-5-4-6-16(23)13-27-17-10-7-14(21)12-18(17)29(25,26)22-15-8-9-15/h7,10,12,15-16,22H,4-6,8-9,11,13H2,1-3H3. The molecule has 1 saturated heterocycles. The first kappa shape index (κ1) is 22.4. The molecule has 0 aromatic heterocycles. The molecule has 0 spiro atoms. The summed E-state index contributed by atoms with van der Waals surface area (Å²) in [6.45, 7) is 6.34. The van der Waals surface area contributed by atoms with Gasteiger partial charge < -0.3 is 14.4 Å². The van der Waals surface area contributed by atoms with Crippen LogP contribution >= 0.6 is 15.9 Å². The average molecular weight is 489 g/mol. The number of hydrogen-bond donors (Lipinski definition) is 1. The van der Waals surface area contributed by atoms with E-state index in [1.165, 1.54) is 0 Å². The highest BCUT2D eigenvalue weighted by Crippen LogP contribution is 2.31. The van der Waals surface area contributed by atoms with Crippen molar-refractivity contribution in [2.45, 2.75) is 75.5 Å². The summed E-state index contributed by atoms with van der Waals surface area (Å²) in [5.74, 6) is 0.288. The summed E-state index contributed by atoms with van der Waals surface area (Å²) in [7, 11) is -3.67. The van der Waals surface area contributed by atoms with Gasteiger partial charge in [0.05, 0.1) is 6.04 Å². The highest BCUT2D eigenvalue weighted by molar-refractivity contribution is 9.10. The number of sulfonamides is 1. The van der Waals surface area contributed by atoms with E-state index in [1.807, 2.05) is 20.8 Å². The van der Waals surface area contributed by atoms with Crippen molar-refractivity contribution in [2.75, 3.05) is 13.2 Å². The molecular weight excluding hydrogens is 460 g/mol. The summed E-state index contributed by atoms with van der Waals surface area (Å²) in [5.41, 5.74) is -0.568. The molecule has 0 radical (unpaired) electrons. The van der Waals surface area contributed by atoms with Crippen LogP contribution in [0.15, 0.2) is 27.6 Å². The zero-order valence-electron chi connectivity index (χ0n) is 17.1. The summed E-state index contributed by atoms with van der Waals surface area (Å²) in [4.78, 5) is 14.4. The van der Waals surface area contributed by atoms with Gasteiger partial charge in [0.15, 0.2) is 0 Å². The summed E-state index contributed by atoms with van der Waals surface area (Å²) in [5, 5.41) is 0. The van der Waals surface area contributed by atoms with E-state index in [0.29, 0.717) is 11.0 Å². The molecular formula is C20H29BrN2O5S. The van der Waals surface area contributed by atoms with Crippen LogP contribution in [0.4, 0.5) is 4.79 Å². The Hall–Kier alpha value is -1.32. The maximum absolute atomic E-state index is 12.7. The lowest BCUT2D eigenvalue weighted by Gasteiger charge is -2.36. The molecule has 1 aromatic carbocycles. The van der Waals surface area contributed by atoms with Crippen LogP contribution in [0.2, 0.25) is 0 Å². The van der Waals surface area contributed by atoms with Crippen LogP contribution in [-0.4, -0.2) is 50.2 Å². The fourth-order valence-corrected chi connectivity index (χ4v) is 5.20. The van der Waals surface area contributed by atoms with E-state index < -0.39 is 15.6 Å². The zero-order valence-corrected chi connectivity index (χ0v) is 19.5. The van der Waals surface area contributed by atoms with Crippen LogP contribution in [-0.2, 0) is 14.8 Å². The van der Waals surface area contributed by atoms with Crippen molar-refractivity contribution in [2.24, 2.45) is 0 Å². The van der Waals surface area contributed by atoms with Crippen molar-refractivity contribution < 1.29 is 22.7 Å². The normalized spacial score (nSPS) is 20.4. The molecule has 1 amide bonds. The summed E-state index contributed by atoms with van der Waals surface area (Å²) < 4.78 is 40.3. The second-order valence-corrected chi connectivity index (χ2v) is 11.2. The van der Waals surface area contributed by atoms with E-state index >= 15 is 0 Å². The number of hydrogen-bond acceptors (Lipinski definition) is 5. The topological polar surface area (TPSA) is 84.9 Å². The van der Waals surface area contributed by atoms with Crippen LogP contribution in [0.25, 0.3) is 0 Å². The number of carbonyl (C=O) groups excluding carboxylic acids is 1. The molecule has 1 unspecified atom stereocenters. The first-order chi connectivity index (χ1) is 13.5. The highest BCUT2D eigenvalue weighted by atomic mass is 79.9. The second-order valence-electron chi connectivity index (χ2n) is 8.62. The van der Waals surface area contributed by atoms with E-state index in [0.717, 1.165) is 32.1 Å². The van der Waals surface area contributed by atoms with Gasteiger partial charge in [0.25, 0.3) is 0 Å². The molecule has 3 rings (SSSR count). The van der Waals surface area contributed by atoms with E-state index in [2.05, 4.69) is 20.7 Å². The Morgan fingerprint density at radius 1 is 1.24 bits per heavy atom. The lowest BCUT2D eigenvalue weighted by atomic mass is 10.0. The third-order valence-electron chi connectivity index (χ3n) is 4.78. The van der Waals surface area contributed by atoms with Crippen molar-refractivity contribution in [1.82, 2.24) is 9.62 Å². The summed E-state index contributed by atoms with van der Waals surface area (Å²) in [6.07, 6.45) is 4.05. The monoisotopic (exact) mass is 488 g/mol. The van der Waals surface area contributed by atoms with Crippen molar-refractivity contribution in [3.8, 4) is 5.75 Å². The minimum absolute atomic E-state index is 0.00726. The van der Waals surface area contributed by atoms with Gasteiger partial charge >= 0.3 is 6.09 Å². The SMILES string of the molecule is CC(C)(C)OC(=O)N1CCCCC1COc1ccc(Br)cc1S(=O)(=O)NC1CC1. The fraction of sp³-hybridized carbons (Fsp3) is 0.650. The minimum atomic E-state index is -3.67. The Kier molecular flexibility index (Phi) is 6.80. The molecule has 29 heavy (non-hydrogen) atoms. The molecule has 1 N–H and O–H groups in total. The van der Waals surface area contributed by atoms with E-state index in [-0.39, 0.29) is 35.4 Å². The molecule has 0 bridgehead atoms. The maximum Gasteiger partial charge on any atom is 0.410 e. The van der Waals surface area contributed by atoms with Crippen LogP contribution in [0, 0.1) is 0 Å². The van der Waals surface area contributed by atoms with Crippen molar-refractivity contribution in [3.63, 3.8) is 0 Å². The quantitative estimate of drug-likeness (QED) is 0.652. The molecule has 1 aliphatic carbocycles. The molecule has 7 nitrogen and oxygen atoms in total. The Morgan fingerprint density at radius 2 is 1.97 bits per heavy atom. The number of piperidine rings is 1. The highest BCUT2D eigenvalue weighted by Gasteiger charge is 2.33. The molecule has 1 aliphatic heterocycles. The van der Waals surface area contributed by atoms with Gasteiger partial charge in [-0.15, -0.1) is 0 Å². The third kappa shape index (κ3) is 6.33. The van der Waals surface area contributed by atoms with Crippen molar-refractivity contribution >= 4 is 32.0 Å². The van der Waals surface area contributed by atoms with Gasteiger partial charge in [0.2, 0.25) is 10.0 Å². The van der Waals surface area contributed by atoms with Gasteiger partial charge in [0.1, 0.15) is 22.9 Å². The molecule has 9 heteroatoms. The summed E-state index contributed by atoms with van der Waals surface area (Å²) in [6, 6.07) is 4.79. The molecule has 2 aliphatic rings. The minimum Gasteiger partial charge on any atom is -0.490 e. The number of carbonyl (C=O) groups is 1. The number of amides is 1. The van der Waals surface area contributed by atoms with Crippen LogP contribution < -0.4 is 9.46 Å². The zero-order chi connectivity index (χ0) is 21.2. The maximum atomic E-state index is 12.7. The van der Waals surface area contributed by atoms with Crippen LogP contribution in [0.3, 0.4) is 0 Å². The van der Waals surface area contributed by atoms with Gasteiger partial charge in [0, 0.05) is 17.1 Å². The van der Waals surface area contributed by atoms with Gasteiger partial charge in [-0.3, -0.25) is 0 Å². The number of likely N-dealkylation sites (tertiary alicyclic amines) is 1. The van der Waals surface area contributed by atoms with Crippen LogP contribution in [0.1, 0.15) is 52.9 Å².